The Morgan fingerprint density at radius 3 is 2.48 bits per heavy atom. The highest BCUT2D eigenvalue weighted by Crippen LogP contribution is 2.40. The molecule has 0 unspecified atom stereocenters. The normalized spacial score (nSPS) is 22.7. The van der Waals surface area contributed by atoms with Crippen molar-refractivity contribution in [2.24, 2.45) is 5.92 Å². The van der Waals surface area contributed by atoms with Crippen LogP contribution in [-0.4, -0.2) is 54.6 Å². The molecule has 11 heteroatoms. The standard InChI is InChI=1S/C20H18F3N7O/c21-20(22,23)17-5-6-18(28-27-17)26-14-9-12-10-16(14)29(11-12)19(31)13-3-1-2-4-15(13)30-24-7-8-25-30/h1-8,12,14,16H,9-11H2,(H,26,28)/t12-,14-,16+/m1/s1. The van der Waals surface area contributed by atoms with E-state index in [0.29, 0.717) is 23.7 Å². The summed E-state index contributed by atoms with van der Waals surface area (Å²) < 4.78 is 38.1. The monoisotopic (exact) mass is 429 g/mol. The van der Waals surface area contributed by atoms with Gasteiger partial charge in [0.15, 0.2) is 5.69 Å². The summed E-state index contributed by atoms with van der Waals surface area (Å²) in [5, 5.41) is 18.3. The molecule has 1 N–H and O–H groups in total. The van der Waals surface area contributed by atoms with Crippen molar-refractivity contribution in [2.75, 3.05) is 11.9 Å². The van der Waals surface area contributed by atoms with Gasteiger partial charge in [-0.3, -0.25) is 4.79 Å². The molecule has 1 aliphatic heterocycles. The molecule has 1 aliphatic carbocycles. The van der Waals surface area contributed by atoms with Gasteiger partial charge in [-0.25, -0.2) is 0 Å². The number of benzene rings is 1. The minimum Gasteiger partial charge on any atom is -0.364 e. The number of amides is 1. The largest absolute Gasteiger partial charge is 0.435 e. The van der Waals surface area contributed by atoms with E-state index in [9.17, 15) is 18.0 Å². The maximum atomic E-state index is 13.4. The molecule has 31 heavy (non-hydrogen) atoms. The van der Waals surface area contributed by atoms with Crippen LogP contribution in [-0.2, 0) is 6.18 Å². The molecule has 8 nitrogen and oxygen atoms in total. The Bertz CT molecular complexity index is 1080. The van der Waals surface area contributed by atoms with Gasteiger partial charge in [0.2, 0.25) is 0 Å². The van der Waals surface area contributed by atoms with Crippen LogP contribution >= 0.6 is 0 Å². The summed E-state index contributed by atoms with van der Waals surface area (Å²) in [6.07, 6.45) is 0.214. The second kappa shape index (κ2) is 7.33. The number of nitrogens with zero attached hydrogens (tertiary/aromatic N) is 6. The predicted molar refractivity (Wildman–Crippen MR) is 103 cm³/mol. The lowest BCUT2D eigenvalue weighted by Gasteiger charge is -2.34. The zero-order chi connectivity index (χ0) is 21.6. The fourth-order valence-electron chi connectivity index (χ4n) is 4.49. The van der Waals surface area contributed by atoms with Crippen molar-refractivity contribution >= 4 is 11.7 Å². The van der Waals surface area contributed by atoms with Gasteiger partial charge in [-0.15, -0.1) is 10.2 Å². The third-order valence-electron chi connectivity index (χ3n) is 5.80. The van der Waals surface area contributed by atoms with Crippen LogP contribution in [0.4, 0.5) is 19.0 Å². The third kappa shape index (κ3) is 3.60. The summed E-state index contributed by atoms with van der Waals surface area (Å²) in [7, 11) is 0. The Hall–Kier alpha value is -3.50. The molecule has 0 radical (unpaired) electrons. The van der Waals surface area contributed by atoms with E-state index in [-0.39, 0.29) is 23.8 Å². The van der Waals surface area contributed by atoms with Crippen LogP contribution in [0, 0.1) is 5.92 Å². The molecule has 3 atom stereocenters. The summed E-state index contributed by atoms with van der Waals surface area (Å²) in [4.78, 5) is 16.6. The van der Waals surface area contributed by atoms with E-state index in [0.717, 1.165) is 18.9 Å². The number of halogens is 3. The van der Waals surface area contributed by atoms with Crippen LogP contribution in [0.15, 0.2) is 48.8 Å². The van der Waals surface area contributed by atoms with E-state index in [2.05, 4.69) is 25.7 Å². The minimum absolute atomic E-state index is 0.0831. The molecular weight excluding hydrogens is 411 g/mol. The Morgan fingerprint density at radius 2 is 1.81 bits per heavy atom. The van der Waals surface area contributed by atoms with Crippen molar-refractivity contribution < 1.29 is 18.0 Å². The summed E-state index contributed by atoms with van der Waals surface area (Å²) in [5.74, 6) is 0.466. The minimum atomic E-state index is -4.53. The molecule has 2 aliphatic rings. The smallest absolute Gasteiger partial charge is 0.364 e. The van der Waals surface area contributed by atoms with Crippen LogP contribution < -0.4 is 5.32 Å². The topological polar surface area (TPSA) is 88.8 Å². The van der Waals surface area contributed by atoms with Gasteiger partial charge >= 0.3 is 6.18 Å². The van der Waals surface area contributed by atoms with E-state index in [1.54, 1.807) is 30.6 Å². The van der Waals surface area contributed by atoms with Crippen molar-refractivity contribution in [3.05, 3.63) is 60.0 Å². The first-order valence-electron chi connectivity index (χ1n) is 9.84. The predicted octanol–water partition coefficient (Wildman–Crippen LogP) is 2.79. The highest BCUT2D eigenvalue weighted by atomic mass is 19.4. The summed E-state index contributed by atoms with van der Waals surface area (Å²) in [6, 6.07) is 9.13. The molecule has 1 saturated carbocycles. The number of para-hydroxylation sites is 1. The molecule has 2 fully saturated rings. The molecular formula is C20H18F3N7O. The zero-order valence-electron chi connectivity index (χ0n) is 16.2. The summed E-state index contributed by atoms with van der Waals surface area (Å²) in [5.41, 5.74) is 0.0596. The van der Waals surface area contributed by atoms with Crippen LogP contribution in [0.25, 0.3) is 5.69 Å². The maximum Gasteiger partial charge on any atom is 0.435 e. The fraction of sp³-hybridized carbons (Fsp3) is 0.350. The van der Waals surface area contributed by atoms with E-state index < -0.39 is 11.9 Å². The second-order valence-electron chi connectivity index (χ2n) is 7.75. The van der Waals surface area contributed by atoms with Crippen molar-refractivity contribution in [1.82, 2.24) is 30.1 Å². The average Bonchev–Trinajstić information content (AvgIpc) is 3.50. The average molecular weight is 429 g/mol. The molecule has 3 aromatic rings. The van der Waals surface area contributed by atoms with E-state index >= 15 is 0 Å². The van der Waals surface area contributed by atoms with Crippen molar-refractivity contribution in [3.63, 3.8) is 0 Å². The molecule has 3 heterocycles. The highest BCUT2D eigenvalue weighted by Gasteiger charge is 2.47. The number of fused-ring (bicyclic) bond motifs is 2. The lowest BCUT2D eigenvalue weighted by molar-refractivity contribution is -0.141. The van der Waals surface area contributed by atoms with Crippen LogP contribution in [0.1, 0.15) is 28.9 Å². The van der Waals surface area contributed by atoms with Crippen LogP contribution in [0.3, 0.4) is 0 Å². The number of hydrogen-bond acceptors (Lipinski definition) is 6. The number of alkyl halides is 3. The molecule has 2 aromatic heterocycles. The van der Waals surface area contributed by atoms with Gasteiger partial charge < -0.3 is 10.2 Å². The molecule has 2 bridgehead atoms. The second-order valence-corrected chi connectivity index (χ2v) is 7.75. The van der Waals surface area contributed by atoms with Gasteiger partial charge in [-0.2, -0.15) is 28.2 Å². The van der Waals surface area contributed by atoms with Gasteiger partial charge in [0.25, 0.3) is 5.91 Å². The molecule has 160 valence electrons. The van der Waals surface area contributed by atoms with E-state index in [1.165, 1.54) is 10.9 Å². The van der Waals surface area contributed by atoms with Gasteiger partial charge in [-0.1, -0.05) is 12.1 Å². The van der Waals surface area contributed by atoms with Gasteiger partial charge in [0.05, 0.1) is 29.7 Å². The van der Waals surface area contributed by atoms with Gasteiger partial charge in [-0.05, 0) is 43.0 Å². The lowest BCUT2D eigenvalue weighted by Crippen LogP contribution is -2.48. The quantitative estimate of drug-likeness (QED) is 0.686. The molecule has 0 spiro atoms. The third-order valence-corrected chi connectivity index (χ3v) is 5.80. The van der Waals surface area contributed by atoms with E-state index in [1.807, 2.05) is 11.0 Å². The Morgan fingerprint density at radius 1 is 1.03 bits per heavy atom. The molecule has 1 saturated heterocycles. The number of hydrogen-bond donors (Lipinski definition) is 1. The van der Waals surface area contributed by atoms with Gasteiger partial charge in [0.1, 0.15) is 5.82 Å². The number of likely N-dealkylation sites (tertiary alicyclic amines) is 1. The van der Waals surface area contributed by atoms with Gasteiger partial charge in [0, 0.05) is 12.6 Å². The van der Waals surface area contributed by atoms with Crippen molar-refractivity contribution in [3.8, 4) is 5.69 Å². The fourth-order valence-corrected chi connectivity index (χ4v) is 4.49. The number of nitrogens with one attached hydrogen (secondary N) is 1. The first kappa shape index (κ1) is 19.5. The Labute approximate surface area is 175 Å². The zero-order valence-corrected chi connectivity index (χ0v) is 16.2. The van der Waals surface area contributed by atoms with Crippen molar-refractivity contribution in [1.29, 1.82) is 0 Å². The number of anilines is 1. The highest BCUT2D eigenvalue weighted by molar-refractivity contribution is 5.98. The number of carbonyl (C=O) groups excluding carboxylic acids is 1. The number of carbonyl (C=O) groups is 1. The lowest BCUT2D eigenvalue weighted by atomic mass is 10.0. The first-order valence-corrected chi connectivity index (χ1v) is 9.84. The van der Waals surface area contributed by atoms with Crippen molar-refractivity contribution in [2.45, 2.75) is 31.1 Å². The maximum absolute atomic E-state index is 13.4. The number of piperidine rings is 1. The Kier molecular flexibility index (Phi) is 4.60. The van der Waals surface area contributed by atoms with Crippen LogP contribution in [0.2, 0.25) is 0 Å². The molecule has 1 aromatic carbocycles. The SMILES string of the molecule is O=C(c1ccccc1-n1nccn1)N1C[C@@H]2C[C@@H](Nc3ccc(C(F)(F)F)nn3)[C@@H]1C2. The number of rotatable bonds is 4. The summed E-state index contributed by atoms with van der Waals surface area (Å²) >= 11 is 0. The Balaban J connectivity index is 1.35. The van der Waals surface area contributed by atoms with E-state index in [4.69, 9.17) is 0 Å². The summed E-state index contributed by atoms with van der Waals surface area (Å²) in [6.45, 7) is 0.640. The molecule has 5 rings (SSSR count). The number of aromatic nitrogens is 5. The molecule has 1 amide bonds. The first-order chi connectivity index (χ1) is 14.9. The van der Waals surface area contributed by atoms with Crippen LogP contribution in [0.5, 0.6) is 0 Å².